The molecule has 0 amide bonds. The molecule has 0 aliphatic heterocycles. The third-order valence-electron chi connectivity index (χ3n) is 10.2. The minimum Gasteiger partial charge on any atom is -0.507 e. The lowest BCUT2D eigenvalue weighted by atomic mass is 9.84. The average molecular weight is 688 g/mol. The van der Waals surface area contributed by atoms with E-state index in [9.17, 15) is 5.11 Å². The molecule has 0 aliphatic rings. The number of rotatable bonds is 6. The van der Waals surface area contributed by atoms with Crippen molar-refractivity contribution in [3.05, 3.63) is 120 Å². The quantitative estimate of drug-likeness (QED) is 0.188. The van der Waals surface area contributed by atoms with Gasteiger partial charge in [-0.05, 0) is 110 Å². The van der Waals surface area contributed by atoms with Crippen molar-refractivity contribution in [2.75, 3.05) is 0 Å². The number of aromatic nitrogens is 3. The Hall–Kier alpha value is -5.29. The summed E-state index contributed by atoms with van der Waals surface area (Å²) in [5.74, 6) is 1.30. The molecular weight excluding hydrogens is 639 g/mol. The summed E-state index contributed by atoms with van der Waals surface area (Å²) in [6, 6.07) is 30.0. The smallest absolute Gasteiger partial charge is 0.231 e. The molecule has 0 atom stereocenters. The Kier molecular flexibility index (Phi) is 8.81. The fraction of sp³-hybridized carbons (Fsp3) is 0.298. The van der Waals surface area contributed by atoms with Crippen LogP contribution in [-0.4, -0.2) is 20.1 Å². The zero-order valence-corrected chi connectivity index (χ0v) is 32.1. The summed E-state index contributed by atoms with van der Waals surface area (Å²) in [6.45, 7) is 22.1. The molecule has 5 nitrogen and oxygen atoms in total. The monoisotopic (exact) mass is 687 g/mol. The number of benzene rings is 5. The van der Waals surface area contributed by atoms with Crippen molar-refractivity contribution in [2.45, 2.75) is 91.9 Å². The Morgan fingerprint density at radius 3 is 1.79 bits per heavy atom. The van der Waals surface area contributed by atoms with Crippen LogP contribution < -0.4 is 0 Å². The van der Waals surface area contributed by atoms with Crippen LogP contribution in [0.15, 0.2) is 102 Å². The van der Waals surface area contributed by atoms with Crippen molar-refractivity contribution in [3.63, 3.8) is 0 Å². The molecule has 5 heteroatoms. The summed E-state index contributed by atoms with van der Waals surface area (Å²) >= 11 is 0. The van der Waals surface area contributed by atoms with Crippen LogP contribution >= 0.6 is 0 Å². The SMILES string of the molecule is CC(C)c1cc(-c2cc(-c3cccc(-c4cc(C(C)(C)C)cc5nccnc45)c3)c3nc(-c4cc(C(C)(C)C)ccc4O)oc3c2)cc(C(C)C)c1. The van der Waals surface area contributed by atoms with Gasteiger partial charge in [-0.25, -0.2) is 4.98 Å². The van der Waals surface area contributed by atoms with Crippen LogP contribution in [0.4, 0.5) is 0 Å². The van der Waals surface area contributed by atoms with Gasteiger partial charge in [-0.3, -0.25) is 9.97 Å². The molecule has 1 N–H and O–H groups in total. The van der Waals surface area contributed by atoms with E-state index in [0.717, 1.165) is 55.5 Å². The topological polar surface area (TPSA) is 72.0 Å². The number of nitrogens with zero attached hydrogens (tertiary/aromatic N) is 3. The van der Waals surface area contributed by atoms with E-state index in [2.05, 4.69) is 136 Å². The standard InChI is InChI=1S/C47H49N3O2/c1-27(2)31-19-32(28(3)4)21-33(20-31)34-22-37(44-42(23-34)52-45(50-44)39-24-35(46(5,6)7)14-15-41(39)51)29-12-11-13-30(18-29)38-25-36(47(8,9)10)26-40-43(38)49-17-16-48-40/h11-28,51H,1-10H3. The molecular formula is C47H49N3O2. The Balaban J connectivity index is 1.49. The molecule has 7 rings (SSSR count). The molecule has 7 aromatic rings. The second-order valence-electron chi connectivity index (χ2n) is 16.8. The summed E-state index contributed by atoms with van der Waals surface area (Å²) in [5, 5.41) is 11.1. The number of phenolic OH excluding ortho intramolecular Hbond substituents is 1. The van der Waals surface area contributed by atoms with Crippen molar-refractivity contribution in [3.8, 4) is 50.6 Å². The fourth-order valence-electron chi connectivity index (χ4n) is 6.80. The van der Waals surface area contributed by atoms with E-state index in [-0.39, 0.29) is 16.6 Å². The van der Waals surface area contributed by atoms with Gasteiger partial charge in [-0.1, -0.05) is 112 Å². The van der Waals surface area contributed by atoms with E-state index in [0.29, 0.717) is 28.9 Å². The molecule has 264 valence electrons. The molecule has 0 radical (unpaired) electrons. The Morgan fingerprint density at radius 1 is 0.558 bits per heavy atom. The molecule has 2 heterocycles. The van der Waals surface area contributed by atoms with E-state index in [1.807, 2.05) is 12.1 Å². The van der Waals surface area contributed by atoms with Crippen molar-refractivity contribution < 1.29 is 9.52 Å². The largest absolute Gasteiger partial charge is 0.507 e. The van der Waals surface area contributed by atoms with Gasteiger partial charge in [-0.2, -0.15) is 0 Å². The second-order valence-corrected chi connectivity index (χ2v) is 16.8. The molecule has 0 fully saturated rings. The zero-order chi connectivity index (χ0) is 37.1. The van der Waals surface area contributed by atoms with Crippen LogP contribution in [0.5, 0.6) is 5.75 Å². The number of hydrogen-bond acceptors (Lipinski definition) is 5. The molecule has 0 saturated carbocycles. The maximum Gasteiger partial charge on any atom is 0.231 e. The normalized spacial score (nSPS) is 12.5. The van der Waals surface area contributed by atoms with Gasteiger partial charge in [-0.15, -0.1) is 0 Å². The van der Waals surface area contributed by atoms with Gasteiger partial charge in [0, 0.05) is 23.5 Å². The lowest BCUT2D eigenvalue weighted by molar-refractivity contribution is 0.473. The first-order chi connectivity index (χ1) is 24.6. The Morgan fingerprint density at radius 2 is 1.15 bits per heavy atom. The molecule has 5 aromatic carbocycles. The van der Waals surface area contributed by atoms with Crippen LogP contribution in [0.3, 0.4) is 0 Å². The molecule has 52 heavy (non-hydrogen) atoms. The van der Waals surface area contributed by atoms with Crippen molar-refractivity contribution in [1.29, 1.82) is 0 Å². The average Bonchev–Trinajstić information content (AvgIpc) is 3.54. The van der Waals surface area contributed by atoms with E-state index in [4.69, 9.17) is 19.4 Å². The fourth-order valence-corrected chi connectivity index (χ4v) is 6.80. The number of phenols is 1. The van der Waals surface area contributed by atoms with Crippen molar-refractivity contribution in [1.82, 2.24) is 15.0 Å². The molecule has 0 unspecified atom stereocenters. The van der Waals surface area contributed by atoms with Gasteiger partial charge in [0.15, 0.2) is 5.58 Å². The molecule has 0 saturated heterocycles. The first kappa shape index (κ1) is 35.1. The van der Waals surface area contributed by atoms with E-state index >= 15 is 0 Å². The third kappa shape index (κ3) is 6.72. The lowest BCUT2D eigenvalue weighted by Gasteiger charge is -2.21. The van der Waals surface area contributed by atoms with Crippen molar-refractivity contribution in [2.24, 2.45) is 0 Å². The minimum atomic E-state index is -0.109. The highest BCUT2D eigenvalue weighted by Crippen LogP contribution is 2.42. The van der Waals surface area contributed by atoms with Gasteiger partial charge in [0.25, 0.3) is 0 Å². The summed E-state index contributed by atoms with van der Waals surface area (Å²) < 4.78 is 6.62. The Labute approximate surface area is 307 Å². The number of oxazole rings is 1. The number of aromatic hydroxyl groups is 1. The van der Waals surface area contributed by atoms with Crippen LogP contribution in [0.2, 0.25) is 0 Å². The third-order valence-corrected chi connectivity index (χ3v) is 10.2. The first-order valence-electron chi connectivity index (χ1n) is 18.4. The maximum absolute atomic E-state index is 11.1. The van der Waals surface area contributed by atoms with Gasteiger partial charge in [0.05, 0.1) is 16.6 Å². The minimum absolute atomic E-state index is 0.0646. The van der Waals surface area contributed by atoms with Crippen LogP contribution in [0.25, 0.3) is 67.0 Å². The first-order valence-corrected chi connectivity index (χ1v) is 18.4. The van der Waals surface area contributed by atoms with Gasteiger partial charge in [0.2, 0.25) is 5.89 Å². The molecule has 2 aromatic heterocycles. The predicted molar refractivity (Wildman–Crippen MR) is 216 cm³/mol. The highest BCUT2D eigenvalue weighted by atomic mass is 16.3. The maximum atomic E-state index is 11.1. The summed E-state index contributed by atoms with van der Waals surface area (Å²) in [7, 11) is 0. The Bertz CT molecular complexity index is 2430. The lowest BCUT2D eigenvalue weighted by Crippen LogP contribution is -2.11. The predicted octanol–water partition coefficient (Wildman–Crippen LogP) is 13.0. The summed E-state index contributed by atoms with van der Waals surface area (Å²) in [5.41, 5.74) is 14.7. The van der Waals surface area contributed by atoms with Crippen LogP contribution in [0.1, 0.15) is 103 Å². The number of fused-ring (bicyclic) bond motifs is 2. The molecule has 0 aliphatic carbocycles. The van der Waals surface area contributed by atoms with Gasteiger partial charge < -0.3 is 9.52 Å². The van der Waals surface area contributed by atoms with Gasteiger partial charge in [0.1, 0.15) is 11.3 Å². The van der Waals surface area contributed by atoms with Gasteiger partial charge >= 0.3 is 0 Å². The van der Waals surface area contributed by atoms with Crippen molar-refractivity contribution >= 4 is 22.1 Å². The summed E-state index contributed by atoms with van der Waals surface area (Å²) in [6.07, 6.45) is 3.52. The highest BCUT2D eigenvalue weighted by molar-refractivity contribution is 5.98. The molecule has 0 spiro atoms. The highest BCUT2D eigenvalue weighted by Gasteiger charge is 2.23. The zero-order valence-electron chi connectivity index (χ0n) is 32.1. The van der Waals surface area contributed by atoms with Crippen LogP contribution in [0, 0.1) is 0 Å². The summed E-state index contributed by atoms with van der Waals surface area (Å²) in [4.78, 5) is 14.6. The van der Waals surface area contributed by atoms with E-state index in [1.54, 1.807) is 18.5 Å². The van der Waals surface area contributed by atoms with E-state index < -0.39 is 0 Å². The second kappa shape index (κ2) is 13.0. The van der Waals surface area contributed by atoms with Crippen LogP contribution in [-0.2, 0) is 10.8 Å². The van der Waals surface area contributed by atoms with E-state index in [1.165, 1.54) is 16.7 Å². The number of hydrogen-bond donors (Lipinski definition) is 1. The molecule has 0 bridgehead atoms.